The first-order valence-corrected chi connectivity index (χ1v) is 9.40. The molecular weight excluding hydrogens is 389 g/mol. The summed E-state index contributed by atoms with van der Waals surface area (Å²) in [5.74, 6) is -0.371. The molecule has 0 aliphatic rings. The summed E-state index contributed by atoms with van der Waals surface area (Å²) in [6.07, 6.45) is -2.79. The Balaban J connectivity index is 1.73. The van der Waals surface area contributed by atoms with E-state index in [9.17, 15) is 18.0 Å². The van der Waals surface area contributed by atoms with E-state index >= 15 is 0 Å². The van der Waals surface area contributed by atoms with Gasteiger partial charge < -0.3 is 11.1 Å². The molecule has 0 saturated carbocycles. The van der Waals surface area contributed by atoms with Gasteiger partial charge in [-0.05, 0) is 30.2 Å². The SMILES string of the molecule is Cn1nccc1-c1cc(C(=O)NC(CN)Cc2ccccc2C(F)(F)F)cs1. The van der Waals surface area contributed by atoms with Crippen molar-refractivity contribution >= 4 is 17.2 Å². The van der Waals surface area contributed by atoms with Crippen LogP contribution in [-0.2, 0) is 19.6 Å². The average Bonchev–Trinajstić information content (AvgIpc) is 3.29. The fourth-order valence-corrected chi connectivity index (χ4v) is 3.85. The lowest BCUT2D eigenvalue weighted by atomic mass is 9.99. The van der Waals surface area contributed by atoms with Crippen LogP contribution in [0.5, 0.6) is 0 Å². The molecule has 5 nitrogen and oxygen atoms in total. The lowest BCUT2D eigenvalue weighted by molar-refractivity contribution is -0.138. The second-order valence-corrected chi connectivity index (χ2v) is 7.22. The van der Waals surface area contributed by atoms with Gasteiger partial charge in [0.2, 0.25) is 0 Å². The monoisotopic (exact) mass is 408 g/mol. The molecule has 1 aromatic carbocycles. The lowest BCUT2D eigenvalue weighted by Crippen LogP contribution is -2.41. The summed E-state index contributed by atoms with van der Waals surface area (Å²) in [6, 6.07) is 8.27. The Morgan fingerprint density at radius 2 is 2.07 bits per heavy atom. The first-order valence-electron chi connectivity index (χ1n) is 8.52. The number of hydrogen-bond acceptors (Lipinski definition) is 4. The van der Waals surface area contributed by atoms with E-state index in [4.69, 9.17) is 5.73 Å². The molecule has 3 aromatic rings. The zero-order valence-electron chi connectivity index (χ0n) is 15.0. The third-order valence-corrected chi connectivity index (χ3v) is 5.30. The van der Waals surface area contributed by atoms with E-state index in [-0.39, 0.29) is 24.4 Å². The van der Waals surface area contributed by atoms with Gasteiger partial charge in [-0.1, -0.05) is 18.2 Å². The molecule has 0 bridgehead atoms. The summed E-state index contributed by atoms with van der Waals surface area (Å²) in [5, 5.41) is 8.54. The molecule has 1 atom stereocenters. The number of carbonyl (C=O) groups is 1. The smallest absolute Gasteiger partial charge is 0.348 e. The maximum atomic E-state index is 13.2. The largest absolute Gasteiger partial charge is 0.416 e. The Labute approximate surface area is 164 Å². The summed E-state index contributed by atoms with van der Waals surface area (Å²) in [6.45, 7) is 0.0245. The molecule has 0 spiro atoms. The van der Waals surface area contributed by atoms with Crippen molar-refractivity contribution in [3.63, 3.8) is 0 Å². The molecule has 2 heterocycles. The molecule has 28 heavy (non-hydrogen) atoms. The quantitative estimate of drug-likeness (QED) is 0.656. The minimum atomic E-state index is -4.45. The predicted molar refractivity (Wildman–Crippen MR) is 102 cm³/mol. The van der Waals surface area contributed by atoms with Gasteiger partial charge in [-0.25, -0.2) is 0 Å². The van der Waals surface area contributed by atoms with Gasteiger partial charge in [0.05, 0.1) is 21.7 Å². The first-order chi connectivity index (χ1) is 13.3. The fourth-order valence-electron chi connectivity index (χ4n) is 2.91. The molecule has 148 valence electrons. The second kappa shape index (κ2) is 8.15. The van der Waals surface area contributed by atoms with E-state index in [0.29, 0.717) is 5.56 Å². The number of rotatable bonds is 6. The third-order valence-electron chi connectivity index (χ3n) is 4.34. The van der Waals surface area contributed by atoms with Gasteiger partial charge in [-0.15, -0.1) is 11.3 Å². The van der Waals surface area contributed by atoms with Crippen LogP contribution in [-0.4, -0.2) is 28.3 Å². The van der Waals surface area contributed by atoms with Crippen LogP contribution in [0.3, 0.4) is 0 Å². The predicted octanol–water partition coefficient (Wildman–Crippen LogP) is 3.47. The van der Waals surface area contributed by atoms with Crippen LogP contribution in [0.2, 0.25) is 0 Å². The van der Waals surface area contributed by atoms with Crippen molar-refractivity contribution in [2.75, 3.05) is 6.54 Å². The highest BCUT2D eigenvalue weighted by atomic mass is 32.1. The summed E-state index contributed by atoms with van der Waals surface area (Å²) >= 11 is 1.39. The van der Waals surface area contributed by atoms with Gasteiger partial charge in [0, 0.05) is 31.2 Å². The number of hydrogen-bond donors (Lipinski definition) is 2. The molecular formula is C19H19F3N4OS. The van der Waals surface area contributed by atoms with Gasteiger partial charge >= 0.3 is 6.18 Å². The van der Waals surface area contributed by atoms with Crippen molar-refractivity contribution in [3.8, 4) is 10.6 Å². The van der Waals surface area contributed by atoms with Gasteiger partial charge in [0.25, 0.3) is 5.91 Å². The van der Waals surface area contributed by atoms with Gasteiger partial charge in [-0.2, -0.15) is 18.3 Å². The van der Waals surface area contributed by atoms with E-state index < -0.39 is 17.8 Å². The minimum Gasteiger partial charge on any atom is -0.348 e. The highest BCUT2D eigenvalue weighted by Crippen LogP contribution is 2.32. The van der Waals surface area contributed by atoms with E-state index in [1.807, 2.05) is 6.07 Å². The Morgan fingerprint density at radius 1 is 1.32 bits per heavy atom. The minimum absolute atomic E-state index is 0.00333. The summed E-state index contributed by atoms with van der Waals surface area (Å²) in [7, 11) is 1.80. The number of alkyl halides is 3. The number of carbonyl (C=O) groups excluding carboxylic acids is 1. The maximum absolute atomic E-state index is 13.2. The van der Waals surface area contributed by atoms with E-state index in [1.165, 1.54) is 23.5 Å². The normalized spacial score (nSPS) is 12.8. The van der Waals surface area contributed by atoms with Gasteiger partial charge in [0.15, 0.2) is 0 Å². The molecule has 2 aromatic heterocycles. The van der Waals surface area contributed by atoms with Crippen LogP contribution in [0.25, 0.3) is 10.6 Å². The topological polar surface area (TPSA) is 72.9 Å². The van der Waals surface area contributed by atoms with Crippen LogP contribution >= 0.6 is 11.3 Å². The maximum Gasteiger partial charge on any atom is 0.416 e. The van der Waals surface area contributed by atoms with Crippen LogP contribution in [0.4, 0.5) is 13.2 Å². The Kier molecular flexibility index (Phi) is 5.85. The number of nitrogens with zero attached hydrogens (tertiary/aromatic N) is 2. The van der Waals surface area contributed by atoms with Crippen LogP contribution < -0.4 is 11.1 Å². The molecule has 0 aliphatic carbocycles. The average molecular weight is 408 g/mol. The molecule has 0 radical (unpaired) electrons. The highest BCUT2D eigenvalue weighted by Gasteiger charge is 2.33. The number of aromatic nitrogens is 2. The van der Waals surface area contributed by atoms with Crippen LogP contribution in [0.1, 0.15) is 21.5 Å². The molecule has 0 saturated heterocycles. The molecule has 0 fully saturated rings. The number of aryl methyl sites for hydroxylation is 1. The standard InChI is InChI=1S/C19H19F3N4OS/c1-26-16(6-7-24-26)17-9-13(11-28-17)18(27)25-14(10-23)8-12-4-2-3-5-15(12)19(20,21)22/h2-7,9,11,14H,8,10,23H2,1H3,(H,25,27). The number of benzene rings is 1. The van der Waals surface area contributed by atoms with Gasteiger partial charge in [-0.3, -0.25) is 9.48 Å². The van der Waals surface area contributed by atoms with E-state index in [1.54, 1.807) is 35.4 Å². The number of nitrogens with one attached hydrogen (secondary N) is 1. The highest BCUT2D eigenvalue weighted by molar-refractivity contribution is 7.13. The zero-order valence-corrected chi connectivity index (χ0v) is 15.8. The molecule has 1 unspecified atom stereocenters. The van der Waals surface area contributed by atoms with Crippen molar-refractivity contribution in [3.05, 3.63) is 64.7 Å². The number of amides is 1. The van der Waals surface area contributed by atoms with E-state index in [2.05, 4.69) is 10.4 Å². The summed E-state index contributed by atoms with van der Waals surface area (Å²) in [5.41, 5.74) is 6.40. The van der Waals surface area contributed by atoms with Gasteiger partial charge in [0.1, 0.15) is 0 Å². The van der Waals surface area contributed by atoms with Crippen LogP contribution in [0, 0.1) is 0 Å². The number of thiophene rings is 1. The Hall–Kier alpha value is -2.65. The van der Waals surface area contributed by atoms with Crippen molar-refractivity contribution in [1.82, 2.24) is 15.1 Å². The van der Waals surface area contributed by atoms with Crippen molar-refractivity contribution in [2.24, 2.45) is 12.8 Å². The second-order valence-electron chi connectivity index (χ2n) is 6.30. The molecule has 1 amide bonds. The van der Waals surface area contributed by atoms with Crippen molar-refractivity contribution in [2.45, 2.75) is 18.6 Å². The van der Waals surface area contributed by atoms with E-state index in [0.717, 1.165) is 16.6 Å². The van der Waals surface area contributed by atoms with Crippen LogP contribution in [0.15, 0.2) is 48.0 Å². The zero-order chi connectivity index (χ0) is 20.3. The first kappa shape index (κ1) is 20.1. The third kappa shape index (κ3) is 4.42. The fraction of sp³-hybridized carbons (Fsp3) is 0.263. The van der Waals surface area contributed by atoms with Crippen molar-refractivity contribution < 1.29 is 18.0 Å². The molecule has 9 heteroatoms. The number of nitrogens with two attached hydrogens (primary N) is 1. The molecule has 3 rings (SSSR count). The summed E-state index contributed by atoms with van der Waals surface area (Å²) < 4.78 is 41.2. The number of halogens is 3. The Morgan fingerprint density at radius 3 is 2.71 bits per heavy atom. The van der Waals surface area contributed by atoms with Crippen molar-refractivity contribution in [1.29, 1.82) is 0 Å². The molecule has 0 aliphatic heterocycles. The lowest BCUT2D eigenvalue weighted by Gasteiger charge is -2.19. The Bertz CT molecular complexity index is 964. The summed E-state index contributed by atoms with van der Waals surface area (Å²) in [4.78, 5) is 13.4. The molecule has 3 N–H and O–H groups in total.